The van der Waals surface area contributed by atoms with Crippen molar-refractivity contribution >= 4 is 0 Å². The van der Waals surface area contributed by atoms with Crippen molar-refractivity contribution in [1.82, 2.24) is 10.2 Å². The van der Waals surface area contributed by atoms with Crippen LogP contribution in [-0.2, 0) is 0 Å². The van der Waals surface area contributed by atoms with Crippen molar-refractivity contribution in [2.45, 2.75) is 39.7 Å². The van der Waals surface area contributed by atoms with E-state index in [-0.39, 0.29) is 0 Å². The Hall–Kier alpha value is -0.0800. The number of rotatable bonds is 7. The van der Waals surface area contributed by atoms with E-state index < -0.39 is 0 Å². The minimum Gasteiger partial charge on any atom is -0.316 e. The molecule has 0 aromatic heterocycles. The summed E-state index contributed by atoms with van der Waals surface area (Å²) >= 11 is 0. The quantitative estimate of drug-likeness (QED) is 0.588. The van der Waals surface area contributed by atoms with Gasteiger partial charge < -0.3 is 10.2 Å². The van der Waals surface area contributed by atoms with Gasteiger partial charge in [-0.1, -0.05) is 20.3 Å². The van der Waals surface area contributed by atoms with E-state index in [1.807, 2.05) is 0 Å². The molecule has 0 aromatic rings. The maximum atomic E-state index is 3.33. The molecule has 0 aliphatic heterocycles. The van der Waals surface area contributed by atoms with E-state index in [2.05, 4.69) is 38.0 Å². The van der Waals surface area contributed by atoms with Crippen LogP contribution in [0, 0.1) is 0 Å². The third-order valence-corrected chi connectivity index (χ3v) is 2.35. The Kier molecular flexibility index (Phi) is 7.51. The fourth-order valence-corrected chi connectivity index (χ4v) is 1.29. The molecule has 0 heterocycles. The van der Waals surface area contributed by atoms with E-state index in [1.165, 1.54) is 12.8 Å². The molecule has 1 unspecified atom stereocenters. The van der Waals surface area contributed by atoms with Crippen LogP contribution >= 0.6 is 0 Å². The first-order valence-corrected chi connectivity index (χ1v) is 5.13. The van der Waals surface area contributed by atoms with Crippen molar-refractivity contribution in [3.8, 4) is 0 Å². The lowest BCUT2D eigenvalue weighted by Crippen LogP contribution is -2.35. The summed E-state index contributed by atoms with van der Waals surface area (Å²) in [5, 5.41) is 3.33. The summed E-state index contributed by atoms with van der Waals surface area (Å²) in [4.78, 5) is 2.42. The van der Waals surface area contributed by atoms with E-state index in [1.54, 1.807) is 0 Å². The van der Waals surface area contributed by atoms with Crippen molar-refractivity contribution in [3.63, 3.8) is 0 Å². The normalized spacial score (nSPS) is 13.8. The van der Waals surface area contributed by atoms with Crippen molar-refractivity contribution in [1.29, 1.82) is 0 Å². The summed E-state index contributed by atoms with van der Waals surface area (Å²) < 4.78 is 0. The molecule has 1 N–H and O–H groups in total. The molecule has 0 aliphatic rings. The fraction of sp³-hybridized carbons (Fsp3) is 1.00. The van der Waals surface area contributed by atoms with Crippen molar-refractivity contribution in [3.05, 3.63) is 0 Å². The molecule has 74 valence electrons. The second-order valence-electron chi connectivity index (χ2n) is 3.47. The van der Waals surface area contributed by atoms with Crippen molar-refractivity contribution in [2.24, 2.45) is 0 Å². The highest BCUT2D eigenvalue weighted by Gasteiger charge is 2.05. The van der Waals surface area contributed by atoms with Gasteiger partial charge in [0, 0.05) is 19.1 Å². The van der Waals surface area contributed by atoms with Crippen LogP contribution < -0.4 is 5.32 Å². The lowest BCUT2D eigenvalue weighted by Gasteiger charge is -2.24. The van der Waals surface area contributed by atoms with Gasteiger partial charge in [0.15, 0.2) is 0 Å². The second-order valence-corrected chi connectivity index (χ2v) is 3.47. The van der Waals surface area contributed by atoms with Crippen LogP contribution in [0.15, 0.2) is 0 Å². The molecule has 2 heteroatoms. The smallest absolute Gasteiger partial charge is 0.0107 e. The lowest BCUT2D eigenvalue weighted by atomic mass is 10.2. The van der Waals surface area contributed by atoms with Crippen LogP contribution in [0.1, 0.15) is 33.6 Å². The first kappa shape index (κ1) is 11.9. The summed E-state index contributed by atoms with van der Waals surface area (Å²) in [5.41, 5.74) is 0. The van der Waals surface area contributed by atoms with Gasteiger partial charge in [-0.15, -0.1) is 0 Å². The molecule has 0 amide bonds. The van der Waals surface area contributed by atoms with Crippen LogP contribution in [0.25, 0.3) is 0 Å². The van der Waals surface area contributed by atoms with Gasteiger partial charge in [0.1, 0.15) is 0 Å². The summed E-state index contributed by atoms with van der Waals surface area (Å²) in [6, 6.07) is 0.730. The summed E-state index contributed by atoms with van der Waals surface area (Å²) in [6.45, 7) is 10.0. The van der Waals surface area contributed by atoms with Crippen molar-refractivity contribution in [2.75, 3.05) is 26.7 Å². The summed E-state index contributed by atoms with van der Waals surface area (Å²) in [5.74, 6) is 0. The number of hydrogen-bond donors (Lipinski definition) is 1. The molecule has 1 atom stereocenters. The zero-order valence-corrected chi connectivity index (χ0v) is 9.06. The SMILES string of the molecule is CCCC(C)N(C)CCNCC. The lowest BCUT2D eigenvalue weighted by molar-refractivity contribution is 0.245. The maximum Gasteiger partial charge on any atom is 0.0107 e. The monoisotopic (exact) mass is 172 g/mol. The molecule has 0 radical (unpaired) electrons. The highest BCUT2D eigenvalue weighted by Crippen LogP contribution is 2.02. The number of hydrogen-bond acceptors (Lipinski definition) is 2. The predicted octanol–water partition coefficient (Wildman–Crippen LogP) is 1.72. The molecule has 0 aromatic carbocycles. The highest BCUT2D eigenvalue weighted by atomic mass is 15.1. The Morgan fingerprint density at radius 1 is 1.33 bits per heavy atom. The van der Waals surface area contributed by atoms with E-state index in [0.29, 0.717) is 0 Å². The van der Waals surface area contributed by atoms with Crippen LogP contribution in [0.3, 0.4) is 0 Å². The Bertz CT molecular complexity index is 93.8. The van der Waals surface area contributed by atoms with Crippen LogP contribution in [0.2, 0.25) is 0 Å². The first-order valence-electron chi connectivity index (χ1n) is 5.13. The molecule has 0 rings (SSSR count). The first-order chi connectivity index (χ1) is 5.72. The van der Waals surface area contributed by atoms with E-state index >= 15 is 0 Å². The average molecular weight is 172 g/mol. The molecule has 0 spiro atoms. The second kappa shape index (κ2) is 7.56. The minimum absolute atomic E-state index is 0.730. The van der Waals surface area contributed by atoms with E-state index in [0.717, 1.165) is 25.7 Å². The zero-order chi connectivity index (χ0) is 9.40. The topological polar surface area (TPSA) is 15.3 Å². The molecular weight excluding hydrogens is 148 g/mol. The van der Waals surface area contributed by atoms with Gasteiger partial charge in [0.05, 0.1) is 0 Å². The largest absolute Gasteiger partial charge is 0.316 e. The Balaban J connectivity index is 3.35. The maximum absolute atomic E-state index is 3.33. The van der Waals surface area contributed by atoms with Gasteiger partial charge in [0.25, 0.3) is 0 Å². The van der Waals surface area contributed by atoms with Gasteiger partial charge in [-0.05, 0) is 26.9 Å². The fourth-order valence-electron chi connectivity index (χ4n) is 1.29. The molecule has 12 heavy (non-hydrogen) atoms. The molecule has 0 fully saturated rings. The van der Waals surface area contributed by atoms with Gasteiger partial charge in [-0.3, -0.25) is 0 Å². The molecule has 2 nitrogen and oxygen atoms in total. The minimum atomic E-state index is 0.730. The average Bonchev–Trinajstić information content (AvgIpc) is 2.05. The zero-order valence-electron chi connectivity index (χ0n) is 9.06. The van der Waals surface area contributed by atoms with Gasteiger partial charge in [-0.2, -0.15) is 0 Å². The third-order valence-electron chi connectivity index (χ3n) is 2.35. The molecule has 0 aliphatic carbocycles. The Labute approximate surface area is 77.3 Å². The highest BCUT2D eigenvalue weighted by molar-refractivity contribution is 4.63. The van der Waals surface area contributed by atoms with Crippen LogP contribution in [0.5, 0.6) is 0 Å². The van der Waals surface area contributed by atoms with Gasteiger partial charge in [-0.25, -0.2) is 0 Å². The molecular formula is C10H24N2. The molecule has 0 bridgehead atoms. The number of nitrogens with zero attached hydrogens (tertiary/aromatic N) is 1. The van der Waals surface area contributed by atoms with Gasteiger partial charge in [0.2, 0.25) is 0 Å². The molecule has 0 saturated carbocycles. The molecule has 0 saturated heterocycles. The summed E-state index contributed by atoms with van der Waals surface area (Å²) in [6.07, 6.45) is 2.59. The predicted molar refractivity (Wildman–Crippen MR) is 55.5 cm³/mol. The van der Waals surface area contributed by atoms with E-state index in [4.69, 9.17) is 0 Å². The van der Waals surface area contributed by atoms with E-state index in [9.17, 15) is 0 Å². The number of nitrogens with one attached hydrogen (secondary N) is 1. The van der Waals surface area contributed by atoms with Crippen LogP contribution in [0.4, 0.5) is 0 Å². The standard InChI is InChI=1S/C10H24N2/c1-5-7-10(3)12(4)9-8-11-6-2/h10-11H,5-9H2,1-4H3. The Morgan fingerprint density at radius 3 is 2.50 bits per heavy atom. The third kappa shape index (κ3) is 5.56. The van der Waals surface area contributed by atoms with Crippen molar-refractivity contribution < 1.29 is 0 Å². The number of likely N-dealkylation sites (N-methyl/N-ethyl adjacent to an activating group) is 2. The summed E-state index contributed by atoms with van der Waals surface area (Å²) in [7, 11) is 2.21. The van der Waals surface area contributed by atoms with Gasteiger partial charge >= 0.3 is 0 Å². The Morgan fingerprint density at radius 2 is 2.00 bits per heavy atom. The van der Waals surface area contributed by atoms with Crippen LogP contribution in [-0.4, -0.2) is 37.6 Å².